The first kappa shape index (κ1) is 21.7. The van der Waals surface area contributed by atoms with E-state index < -0.39 is 23.6 Å². The Labute approximate surface area is 177 Å². The highest BCUT2D eigenvalue weighted by molar-refractivity contribution is 6.06. The molecule has 0 atom stereocenters. The topological polar surface area (TPSA) is 89.5 Å². The summed E-state index contributed by atoms with van der Waals surface area (Å²) in [5, 5.41) is 5.04. The van der Waals surface area contributed by atoms with Gasteiger partial charge in [-0.2, -0.15) is 0 Å². The number of alkyl carbamates (subject to hydrolysis) is 1. The van der Waals surface area contributed by atoms with Gasteiger partial charge in [0.15, 0.2) is 11.6 Å². The van der Waals surface area contributed by atoms with Crippen LogP contribution < -0.4 is 15.4 Å². The van der Waals surface area contributed by atoms with Crippen molar-refractivity contribution in [2.24, 2.45) is 0 Å². The number of benzene rings is 2. The van der Waals surface area contributed by atoms with Crippen molar-refractivity contribution in [3.8, 4) is 5.75 Å². The van der Waals surface area contributed by atoms with Gasteiger partial charge >= 0.3 is 6.09 Å². The van der Waals surface area contributed by atoms with E-state index in [1.165, 1.54) is 25.4 Å². The maximum Gasteiger partial charge on any atom is 0.407 e. The van der Waals surface area contributed by atoms with Crippen molar-refractivity contribution in [3.63, 3.8) is 0 Å². The van der Waals surface area contributed by atoms with Gasteiger partial charge in [0.1, 0.15) is 19.0 Å². The normalized spacial score (nSPS) is 10.3. The molecule has 2 amide bonds. The minimum Gasteiger partial charge on any atom is -0.488 e. The Bertz CT molecular complexity index is 1080. The number of nitrogens with one attached hydrogen (secondary N) is 2. The number of anilines is 1. The molecule has 160 valence electrons. The molecule has 1 aromatic heterocycles. The first-order valence-electron chi connectivity index (χ1n) is 9.22. The zero-order valence-corrected chi connectivity index (χ0v) is 16.5. The van der Waals surface area contributed by atoms with Gasteiger partial charge in [0.25, 0.3) is 5.91 Å². The van der Waals surface area contributed by atoms with Crippen LogP contribution in [0.1, 0.15) is 21.5 Å². The van der Waals surface area contributed by atoms with Crippen LogP contribution >= 0.6 is 0 Å². The Hall–Kier alpha value is -4.01. The molecule has 0 aliphatic heterocycles. The summed E-state index contributed by atoms with van der Waals surface area (Å²) in [5.41, 5.74) is 1.60. The number of amides is 2. The molecule has 31 heavy (non-hydrogen) atoms. The second kappa shape index (κ2) is 10.1. The third-order valence-electron chi connectivity index (χ3n) is 4.16. The third kappa shape index (κ3) is 5.99. The number of carbonyl (C=O) groups is 2. The molecule has 0 bridgehead atoms. The summed E-state index contributed by atoms with van der Waals surface area (Å²) in [6, 6.07) is 11.5. The number of aromatic nitrogens is 1. The van der Waals surface area contributed by atoms with Crippen LogP contribution in [0.5, 0.6) is 5.75 Å². The predicted octanol–water partition coefficient (Wildman–Crippen LogP) is 4.05. The van der Waals surface area contributed by atoms with Crippen LogP contribution in [0, 0.1) is 11.6 Å². The quantitative estimate of drug-likeness (QED) is 0.594. The van der Waals surface area contributed by atoms with Gasteiger partial charge in [-0.1, -0.05) is 12.1 Å². The first-order valence-corrected chi connectivity index (χ1v) is 9.22. The smallest absolute Gasteiger partial charge is 0.407 e. The summed E-state index contributed by atoms with van der Waals surface area (Å²) in [7, 11) is 1.43. The van der Waals surface area contributed by atoms with E-state index in [0.29, 0.717) is 16.8 Å². The Morgan fingerprint density at radius 2 is 1.77 bits per heavy atom. The Kier molecular flexibility index (Phi) is 7.10. The van der Waals surface area contributed by atoms with Gasteiger partial charge in [-0.25, -0.2) is 13.6 Å². The second-order valence-electron chi connectivity index (χ2n) is 6.39. The molecular weight excluding hydrogens is 408 g/mol. The lowest BCUT2D eigenvalue weighted by Crippen LogP contribution is -2.19. The molecule has 9 heteroatoms. The van der Waals surface area contributed by atoms with Gasteiger partial charge in [0.2, 0.25) is 0 Å². The number of pyridine rings is 1. The SMILES string of the molecule is CNC(=O)OCc1ccc(OCc2ccc(F)c(F)c2)c(C(=O)Nc2cccnc2)c1. The third-order valence-corrected chi connectivity index (χ3v) is 4.16. The molecular formula is C22H19F2N3O4. The lowest BCUT2D eigenvalue weighted by atomic mass is 10.1. The Balaban J connectivity index is 1.82. The van der Waals surface area contributed by atoms with Gasteiger partial charge in [0, 0.05) is 13.2 Å². The summed E-state index contributed by atoms with van der Waals surface area (Å²) in [6.45, 7) is -0.144. The fraction of sp³-hybridized carbons (Fsp3) is 0.136. The number of ether oxygens (including phenoxy) is 2. The molecule has 3 rings (SSSR count). The summed E-state index contributed by atoms with van der Waals surface area (Å²) >= 11 is 0. The summed E-state index contributed by atoms with van der Waals surface area (Å²) in [6.07, 6.45) is 2.45. The molecule has 2 N–H and O–H groups in total. The number of rotatable bonds is 7. The van der Waals surface area contributed by atoms with E-state index in [9.17, 15) is 18.4 Å². The standard InChI is InChI=1S/C22H19F2N3O4/c1-25-22(29)31-13-14-5-7-20(30-12-15-4-6-18(23)19(24)10-15)17(9-14)21(28)27-16-3-2-8-26-11-16/h2-11H,12-13H2,1H3,(H,25,29)(H,27,28). The van der Waals surface area contributed by atoms with Gasteiger partial charge in [-0.05, 0) is 47.5 Å². The van der Waals surface area contributed by atoms with Crippen molar-refractivity contribution < 1.29 is 27.8 Å². The zero-order chi connectivity index (χ0) is 22.2. The largest absolute Gasteiger partial charge is 0.488 e. The van der Waals surface area contributed by atoms with E-state index in [0.717, 1.165) is 12.1 Å². The number of hydrogen-bond acceptors (Lipinski definition) is 5. The van der Waals surface area contributed by atoms with Gasteiger partial charge < -0.3 is 20.1 Å². The van der Waals surface area contributed by atoms with E-state index in [-0.39, 0.29) is 24.5 Å². The van der Waals surface area contributed by atoms with Crippen LogP contribution in [-0.4, -0.2) is 24.0 Å². The van der Waals surface area contributed by atoms with Crippen molar-refractivity contribution in [1.82, 2.24) is 10.3 Å². The molecule has 0 fully saturated rings. The molecule has 3 aromatic rings. The fourth-order valence-electron chi connectivity index (χ4n) is 2.62. The highest BCUT2D eigenvalue weighted by atomic mass is 19.2. The minimum absolute atomic E-state index is 0.0592. The predicted molar refractivity (Wildman–Crippen MR) is 109 cm³/mol. The van der Waals surface area contributed by atoms with Crippen LogP contribution in [0.15, 0.2) is 60.9 Å². The first-order chi connectivity index (χ1) is 15.0. The maximum atomic E-state index is 13.4. The molecule has 0 radical (unpaired) electrons. The molecule has 2 aromatic carbocycles. The summed E-state index contributed by atoms with van der Waals surface area (Å²) in [5.74, 6) is -2.21. The van der Waals surface area contributed by atoms with Crippen molar-refractivity contribution in [2.45, 2.75) is 13.2 Å². The summed E-state index contributed by atoms with van der Waals surface area (Å²) in [4.78, 5) is 28.1. The molecule has 0 aliphatic rings. The van der Waals surface area contributed by atoms with Crippen LogP contribution in [-0.2, 0) is 18.0 Å². The molecule has 0 saturated heterocycles. The lowest BCUT2D eigenvalue weighted by Gasteiger charge is -2.14. The van der Waals surface area contributed by atoms with E-state index in [2.05, 4.69) is 15.6 Å². The molecule has 0 unspecified atom stereocenters. The average molecular weight is 427 g/mol. The molecule has 1 heterocycles. The Morgan fingerprint density at radius 1 is 1.00 bits per heavy atom. The monoisotopic (exact) mass is 427 g/mol. The van der Waals surface area contributed by atoms with Crippen molar-refractivity contribution in [2.75, 3.05) is 12.4 Å². The summed E-state index contributed by atoms with van der Waals surface area (Å²) < 4.78 is 37.3. The van der Waals surface area contributed by atoms with Gasteiger partial charge in [0.05, 0.1) is 17.4 Å². The highest BCUT2D eigenvalue weighted by Gasteiger charge is 2.16. The number of hydrogen-bond donors (Lipinski definition) is 2. The highest BCUT2D eigenvalue weighted by Crippen LogP contribution is 2.24. The van der Waals surface area contributed by atoms with Crippen LogP contribution in [0.25, 0.3) is 0 Å². The fourth-order valence-corrected chi connectivity index (χ4v) is 2.62. The number of carbonyl (C=O) groups excluding carboxylic acids is 2. The van der Waals surface area contributed by atoms with E-state index in [4.69, 9.17) is 9.47 Å². The van der Waals surface area contributed by atoms with Gasteiger partial charge in [-0.15, -0.1) is 0 Å². The van der Waals surface area contributed by atoms with E-state index in [1.807, 2.05) is 0 Å². The van der Waals surface area contributed by atoms with Gasteiger partial charge in [-0.3, -0.25) is 9.78 Å². The van der Waals surface area contributed by atoms with Crippen LogP contribution in [0.2, 0.25) is 0 Å². The Morgan fingerprint density at radius 3 is 2.48 bits per heavy atom. The average Bonchev–Trinajstić information content (AvgIpc) is 2.79. The van der Waals surface area contributed by atoms with Crippen molar-refractivity contribution >= 4 is 17.7 Å². The van der Waals surface area contributed by atoms with Crippen molar-refractivity contribution in [1.29, 1.82) is 0 Å². The van der Waals surface area contributed by atoms with E-state index in [1.54, 1.807) is 30.5 Å². The molecule has 7 nitrogen and oxygen atoms in total. The number of nitrogens with zero attached hydrogens (tertiary/aromatic N) is 1. The van der Waals surface area contributed by atoms with Crippen molar-refractivity contribution in [3.05, 3.63) is 89.2 Å². The van der Waals surface area contributed by atoms with Crippen LogP contribution in [0.4, 0.5) is 19.3 Å². The minimum atomic E-state index is -0.989. The molecule has 0 aliphatic carbocycles. The lowest BCUT2D eigenvalue weighted by molar-refractivity contribution is 0.102. The second-order valence-corrected chi connectivity index (χ2v) is 6.39. The number of halogens is 2. The molecule has 0 spiro atoms. The molecule has 0 saturated carbocycles. The maximum absolute atomic E-state index is 13.4. The zero-order valence-electron chi connectivity index (χ0n) is 16.5. The van der Waals surface area contributed by atoms with Crippen LogP contribution in [0.3, 0.4) is 0 Å². The van der Waals surface area contributed by atoms with E-state index >= 15 is 0 Å².